The Bertz CT molecular complexity index is 3010. The van der Waals surface area contributed by atoms with E-state index in [1.165, 1.54) is 66.8 Å². The molecule has 9 aromatic carbocycles. The first-order chi connectivity index (χ1) is 31.1. The van der Waals surface area contributed by atoms with Gasteiger partial charge in [-0.05, 0) is 110 Å². The molecule has 63 heavy (non-hydrogen) atoms. The fourth-order valence-electron chi connectivity index (χ4n) is 9.64. The van der Waals surface area contributed by atoms with E-state index in [-0.39, 0.29) is 0 Å². The molecule has 1 atom stereocenters. The van der Waals surface area contributed by atoms with Crippen LogP contribution in [0.15, 0.2) is 267 Å². The Morgan fingerprint density at radius 1 is 0.444 bits per heavy atom. The molecule has 1 aliphatic carbocycles. The summed E-state index contributed by atoms with van der Waals surface area (Å²) in [6, 6.07) is 85.8. The smallest absolute Gasteiger partial charge is 0.0675 e. The Hall–Kier alpha value is -8.00. The van der Waals surface area contributed by atoms with Gasteiger partial charge >= 0.3 is 0 Å². The van der Waals surface area contributed by atoms with Crippen LogP contribution in [-0.2, 0) is 5.41 Å². The standard InChI is InChI=1S/C62H47N/c1-3-20-52(48-25-12-6-13-26-48)43-45(2)62(54-30-18-29-53(44-54)49-27-14-7-15-28-49)58-32-17-16-31-57(58)61-59(62)33-19-34-60(61)63(55-39-35-50(36-40-55)46-21-8-4-9-22-46)56-41-37-51(38-42-56)47-23-10-5-11-24-47/h3-44H,1H2,2H3/b45-43+,52-20+. The van der Waals surface area contributed by atoms with Crippen molar-refractivity contribution in [3.8, 4) is 44.5 Å². The zero-order valence-corrected chi connectivity index (χ0v) is 35.4. The van der Waals surface area contributed by atoms with Crippen LogP contribution in [0, 0.1) is 0 Å². The molecule has 0 fully saturated rings. The van der Waals surface area contributed by atoms with Gasteiger partial charge in [-0.2, -0.15) is 0 Å². The average Bonchev–Trinajstić information content (AvgIpc) is 3.67. The summed E-state index contributed by atoms with van der Waals surface area (Å²) in [7, 11) is 0. The van der Waals surface area contributed by atoms with Crippen LogP contribution in [-0.4, -0.2) is 0 Å². The molecule has 0 N–H and O–H groups in total. The second kappa shape index (κ2) is 17.2. The third kappa shape index (κ3) is 7.24. The van der Waals surface area contributed by atoms with Crippen LogP contribution < -0.4 is 4.90 Å². The number of allylic oxidation sites excluding steroid dienone is 5. The lowest BCUT2D eigenvalue weighted by molar-refractivity contribution is 0.747. The van der Waals surface area contributed by atoms with Crippen LogP contribution in [0.5, 0.6) is 0 Å². The first-order valence-electron chi connectivity index (χ1n) is 21.7. The van der Waals surface area contributed by atoms with Gasteiger partial charge in [0, 0.05) is 16.9 Å². The molecular formula is C62H47N. The number of nitrogens with zero attached hydrogens (tertiary/aromatic N) is 1. The average molecular weight is 806 g/mol. The number of fused-ring (bicyclic) bond motifs is 3. The van der Waals surface area contributed by atoms with Crippen LogP contribution in [0.3, 0.4) is 0 Å². The molecule has 300 valence electrons. The van der Waals surface area contributed by atoms with E-state index >= 15 is 0 Å². The Balaban J connectivity index is 1.23. The van der Waals surface area contributed by atoms with E-state index < -0.39 is 5.41 Å². The molecule has 0 bridgehead atoms. The molecule has 0 saturated carbocycles. The summed E-state index contributed by atoms with van der Waals surface area (Å²) in [5.74, 6) is 0. The van der Waals surface area contributed by atoms with E-state index in [4.69, 9.17) is 0 Å². The summed E-state index contributed by atoms with van der Waals surface area (Å²) in [5, 5.41) is 0. The Kier molecular flexibility index (Phi) is 10.7. The minimum Gasteiger partial charge on any atom is -0.310 e. The number of hydrogen-bond donors (Lipinski definition) is 0. The highest BCUT2D eigenvalue weighted by Gasteiger charge is 2.47. The van der Waals surface area contributed by atoms with Crippen molar-refractivity contribution in [2.24, 2.45) is 0 Å². The van der Waals surface area contributed by atoms with Crippen LogP contribution >= 0.6 is 0 Å². The van der Waals surface area contributed by atoms with E-state index in [9.17, 15) is 0 Å². The number of rotatable bonds is 11. The first-order valence-corrected chi connectivity index (χ1v) is 21.7. The predicted molar refractivity (Wildman–Crippen MR) is 268 cm³/mol. The normalized spacial score (nSPS) is 14.4. The number of benzene rings is 9. The predicted octanol–water partition coefficient (Wildman–Crippen LogP) is 16.7. The Labute approximate surface area is 371 Å². The summed E-state index contributed by atoms with van der Waals surface area (Å²) < 4.78 is 0. The lowest BCUT2D eigenvalue weighted by Gasteiger charge is -2.35. The van der Waals surface area contributed by atoms with Crippen molar-refractivity contribution in [1.82, 2.24) is 0 Å². The minimum absolute atomic E-state index is 0.637. The molecule has 1 unspecified atom stereocenters. The van der Waals surface area contributed by atoms with E-state index in [2.05, 4.69) is 267 Å². The Morgan fingerprint density at radius 2 is 0.905 bits per heavy atom. The highest BCUT2D eigenvalue weighted by molar-refractivity contribution is 5.98. The van der Waals surface area contributed by atoms with Gasteiger partial charge < -0.3 is 4.90 Å². The molecule has 1 heteroatoms. The van der Waals surface area contributed by atoms with E-state index in [1.807, 2.05) is 6.08 Å². The second-order valence-electron chi connectivity index (χ2n) is 16.2. The topological polar surface area (TPSA) is 3.24 Å². The third-order valence-corrected chi connectivity index (χ3v) is 12.5. The first kappa shape index (κ1) is 39.2. The maximum atomic E-state index is 4.15. The Morgan fingerprint density at radius 3 is 1.48 bits per heavy atom. The molecule has 0 amide bonds. The van der Waals surface area contributed by atoms with Crippen molar-refractivity contribution >= 4 is 22.6 Å². The van der Waals surface area contributed by atoms with E-state index in [0.29, 0.717) is 0 Å². The molecule has 0 aliphatic heterocycles. The van der Waals surface area contributed by atoms with Gasteiger partial charge in [0.15, 0.2) is 0 Å². The maximum Gasteiger partial charge on any atom is 0.0675 e. The van der Waals surface area contributed by atoms with Crippen LogP contribution in [0.4, 0.5) is 17.1 Å². The zero-order chi connectivity index (χ0) is 42.6. The summed E-state index contributed by atoms with van der Waals surface area (Å²) >= 11 is 0. The fraction of sp³-hybridized carbons (Fsp3) is 0.0323. The molecule has 0 heterocycles. The maximum absolute atomic E-state index is 4.15. The molecule has 0 radical (unpaired) electrons. The van der Waals surface area contributed by atoms with Gasteiger partial charge in [0.1, 0.15) is 0 Å². The molecule has 0 aromatic heterocycles. The van der Waals surface area contributed by atoms with Crippen molar-refractivity contribution in [2.75, 3.05) is 4.90 Å². The number of anilines is 3. The lowest BCUT2D eigenvalue weighted by Crippen LogP contribution is -2.29. The SMILES string of the molecule is C=C/C=C(\C=C(/C)C1(c2cccc(-c3ccccc3)c2)c2ccccc2-c2c(N(c3ccc(-c4ccccc4)cc3)c3ccc(-c4ccccc4)cc3)cccc21)c1ccccc1. The zero-order valence-electron chi connectivity index (χ0n) is 35.4. The molecule has 9 aromatic rings. The number of hydrogen-bond acceptors (Lipinski definition) is 1. The van der Waals surface area contributed by atoms with Crippen LogP contribution in [0.2, 0.25) is 0 Å². The van der Waals surface area contributed by atoms with Gasteiger partial charge in [-0.25, -0.2) is 0 Å². The van der Waals surface area contributed by atoms with Crippen molar-refractivity contribution < 1.29 is 0 Å². The highest BCUT2D eigenvalue weighted by Crippen LogP contribution is 2.60. The third-order valence-electron chi connectivity index (χ3n) is 12.5. The van der Waals surface area contributed by atoms with Crippen LogP contribution in [0.25, 0.3) is 50.1 Å². The molecule has 10 rings (SSSR count). The lowest BCUT2D eigenvalue weighted by atomic mass is 9.66. The summed E-state index contributed by atoms with van der Waals surface area (Å²) in [4.78, 5) is 2.45. The second-order valence-corrected chi connectivity index (χ2v) is 16.2. The van der Waals surface area contributed by atoms with Gasteiger partial charge in [0.25, 0.3) is 0 Å². The van der Waals surface area contributed by atoms with Gasteiger partial charge in [-0.3, -0.25) is 0 Å². The van der Waals surface area contributed by atoms with Crippen molar-refractivity contribution in [3.05, 3.63) is 289 Å². The summed E-state index contributed by atoms with van der Waals surface area (Å²) in [6.07, 6.45) is 6.41. The minimum atomic E-state index is -0.637. The molecule has 1 aliphatic rings. The van der Waals surface area contributed by atoms with E-state index in [0.717, 1.165) is 28.2 Å². The molecular weight excluding hydrogens is 759 g/mol. The summed E-state index contributed by atoms with van der Waals surface area (Å²) in [6.45, 7) is 6.46. The van der Waals surface area contributed by atoms with Gasteiger partial charge in [0.05, 0.1) is 11.1 Å². The largest absolute Gasteiger partial charge is 0.310 e. The molecule has 0 saturated heterocycles. The van der Waals surface area contributed by atoms with Crippen molar-refractivity contribution in [2.45, 2.75) is 12.3 Å². The van der Waals surface area contributed by atoms with Gasteiger partial charge in [0.2, 0.25) is 0 Å². The fourth-order valence-corrected chi connectivity index (χ4v) is 9.64. The quantitative estimate of drug-likeness (QED) is 0.118. The van der Waals surface area contributed by atoms with Crippen molar-refractivity contribution in [1.29, 1.82) is 0 Å². The van der Waals surface area contributed by atoms with Gasteiger partial charge in [-0.1, -0.05) is 231 Å². The monoisotopic (exact) mass is 805 g/mol. The van der Waals surface area contributed by atoms with Crippen LogP contribution in [0.1, 0.15) is 29.2 Å². The molecule has 1 nitrogen and oxygen atoms in total. The van der Waals surface area contributed by atoms with Crippen molar-refractivity contribution in [3.63, 3.8) is 0 Å². The molecule has 0 spiro atoms. The summed E-state index contributed by atoms with van der Waals surface area (Å²) in [5.41, 5.74) is 19.5. The van der Waals surface area contributed by atoms with Gasteiger partial charge in [-0.15, -0.1) is 0 Å². The highest BCUT2D eigenvalue weighted by atomic mass is 15.1. The van der Waals surface area contributed by atoms with E-state index in [1.54, 1.807) is 0 Å².